The molecule has 0 aliphatic heterocycles. The Bertz CT molecular complexity index is 507. The van der Waals surface area contributed by atoms with Crippen LogP contribution < -0.4 is 0 Å². The molecule has 154 valence electrons. The van der Waals surface area contributed by atoms with E-state index < -0.39 is 0 Å². The van der Waals surface area contributed by atoms with Crippen molar-refractivity contribution in [1.82, 2.24) is 0 Å². The van der Waals surface area contributed by atoms with E-state index in [1.165, 1.54) is 81.8 Å². The van der Waals surface area contributed by atoms with E-state index in [1.807, 2.05) is 6.07 Å². The van der Waals surface area contributed by atoms with Gasteiger partial charge in [-0.1, -0.05) is 102 Å². The number of aryl methyl sites for hydroxylation is 2. The summed E-state index contributed by atoms with van der Waals surface area (Å²) in [5.74, 6) is -0.0590. The Morgan fingerprint density at radius 1 is 0.741 bits per heavy atom. The number of ether oxygens (including phenoxy) is 1. The van der Waals surface area contributed by atoms with E-state index in [-0.39, 0.29) is 5.97 Å². The normalized spacial score (nSPS) is 10.9. The fourth-order valence-electron chi connectivity index (χ4n) is 3.42. The molecule has 0 N–H and O–H groups in total. The molecule has 0 spiro atoms. The Balaban J connectivity index is 1.89. The number of carbonyl (C=O) groups is 1. The Hall–Kier alpha value is -1.31. The Labute approximate surface area is 168 Å². The van der Waals surface area contributed by atoms with E-state index in [9.17, 15) is 4.79 Å². The molecule has 27 heavy (non-hydrogen) atoms. The first-order valence-electron chi connectivity index (χ1n) is 11.3. The Morgan fingerprint density at radius 2 is 1.26 bits per heavy atom. The predicted octanol–water partition coefficient (Wildman–Crippen LogP) is 7.83. The average Bonchev–Trinajstić information content (AvgIpc) is 2.66. The molecule has 2 heteroatoms. The largest absolute Gasteiger partial charge is 0.461 e. The minimum Gasteiger partial charge on any atom is -0.461 e. The van der Waals surface area contributed by atoms with Gasteiger partial charge in [0.15, 0.2) is 0 Å². The topological polar surface area (TPSA) is 26.3 Å². The highest BCUT2D eigenvalue weighted by Crippen LogP contribution is 2.14. The molecule has 0 aliphatic carbocycles. The standard InChI is InChI=1S/C25H42O2/c1-4-5-6-7-8-9-10-11-12-13-14-15-16-17-25(26)27-21-24-19-18-22(2)23(3)20-24/h18-20H,4-17,21H2,1-3H3. The third-order valence-corrected chi connectivity index (χ3v) is 5.46. The molecule has 0 radical (unpaired) electrons. The van der Waals surface area contributed by atoms with E-state index in [2.05, 4.69) is 32.9 Å². The van der Waals surface area contributed by atoms with Crippen LogP contribution in [0.5, 0.6) is 0 Å². The fraction of sp³-hybridized carbons (Fsp3) is 0.720. The van der Waals surface area contributed by atoms with Gasteiger partial charge in [0.2, 0.25) is 0 Å². The summed E-state index contributed by atoms with van der Waals surface area (Å²) in [5.41, 5.74) is 3.61. The molecular formula is C25H42O2. The van der Waals surface area contributed by atoms with Crippen LogP contribution in [0.15, 0.2) is 18.2 Å². The molecule has 0 amide bonds. The van der Waals surface area contributed by atoms with E-state index in [4.69, 9.17) is 4.74 Å². The minimum atomic E-state index is -0.0590. The smallest absolute Gasteiger partial charge is 0.306 e. The van der Waals surface area contributed by atoms with Crippen molar-refractivity contribution in [2.75, 3.05) is 0 Å². The first kappa shape index (κ1) is 23.7. The number of esters is 1. The maximum Gasteiger partial charge on any atom is 0.306 e. The summed E-state index contributed by atoms with van der Waals surface area (Å²) in [5, 5.41) is 0. The highest BCUT2D eigenvalue weighted by molar-refractivity contribution is 5.69. The molecule has 0 unspecified atom stereocenters. The molecule has 0 atom stereocenters. The number of rotatable bonds is 16. The molecular weight excluding hydrogens is 332 g/mol. The van der Waals surface area contributed by atoms with Gasteiger partial charge in [-0.3, -0.25) is 4.79 Å². The first-order chi connectivity index (χ1) is 13.1. The zero-order chi connectivity index (χ0) is 19.7. The van der Waals surface area contributed by atoms with Gasteiger partial charge in [0.05, 0.1) is 0 Å². The lowest BCUT2D eigenvalue weighted by atomic mass is 10.0. The third-order valence-electron chi connectivity index (χ3n) is 5.46. The second-order valence-electron chi connectivity index (χ2n) is 8.07. The number of hydrogen-bond donors (Lipinski definition) is 0. The summed E-state index contributed by atoms with van der Waals surface area (Å²) >= 11 is 0. The van der Waals surface area contributed by atoms with E-state index in [0.29, 0.717) is 13.0 Å². The van der Waals surface area contributed by atoms with E-state index >= 15 is 0 Å². The van der Waals surface area contributed by atoms with Gasteiger partial charge >= 0.3 is 5.97 Å². The van der Waals surface area contributed by atoms with E-state index in [0.717, 1.165) is 18.4 Å². The number of hydrogen-bond acceptors (Lipinski definition) is 2. The van der Waals surface area contributed by atoms with Crippen LogP contribution in [0.2, 0.25) is 0 Å². The van der Waals surface area contributed by atoms with Crippen LogP contribution in [-0.4, -0.2) is 5.97 Å². The van der Waals surface area contributed by atoms with Crippen LogP contribution in [0, 0.1) is 13.8 Å². The van der Waals surface area contributed by atoms with Crippen molar-refractivity contribution >= 4 is 5.97 Å². The molecule has 0 bridgehead atoms. The van der Waals surface area contributed by atoms with Crippen LogP contribution >= 0.6 is 0 Å². The molecule has 0 fully saturated rings. The van der Waals surface area contributed by atoms with Crippen LogP contribution in [-0.2, 0) is 16.1 Å². The van der Waals surface area contributed by atoms with Gasteiger partial charge < -0.3 is 4.74 Å². The van der Waals surface area contributed by atoms with E-state index in [1.54, 1.807) is 0 Å². The monoisotopic (exact) mass is 374 g/mol. The molecule has 1 rings (SSSR count). The number of benzene rings is 1. The molecule has 0 saturated heterocycles. The van der Waals surface area contributed by atoms with Gasteiger partial charge in [-0.05, 0) is 37.0 Å². The SMILES string of the molecule is CCCCCCCCCCCCCCCC(=O)OCc1ccc(C)c(C)c1. The third kappa shape index (κ3) is 12.7. The van der Waals surface area contributed by atoms with Gasteiger partial charge in [0, 0.05) is 6.42 Å². The van der Waals surface area contributed by atoms with Gasteiger partial charge in [-0.15, -0.1) is 0 Å². The van der Waals surface area contributed by atoms with Crippen molar-refractivity contribution < 1.29 is 9.53 Å². The maximum atomic E-state index is 11.8. The summed E-state index contributed by atoms with van der Waals surface area (Å²) < 4.78 is 5.39. The molecule has 0 aliphatic rings. The maximum absolute atomic E-state index is 11.8. The van der Waals surface area contributed by atoms with Gasteiger partial charge in [0.1, 0.15) is 6.61 Å². The number of unbranched alkanes of at least 4 members (excludes halogenated alkanes) is 12. The molecule has 0 aromatic heterocycles. The van der Waals surface area contributed by atoms with Crippen molar-refractivity contribution in [2.24, 2.45) is 0 Å². The predicted molar refractivity (Wildman–Crippen MR) is 116 cm³/mol. The summed E-state index contributed by atoms with van der Waals surface area (Å²) in [6.45, 7) is 6.86. The second kappa shape index (κ2) is 15.7. The number of carbonyl (C=O) groups excluding carboxylic acids is 1. The summed E-state index contributed by atoms with van der Waals surface area (Å²) in [6, 6.07) is 6.24. The quantitative estimate of drug-likeness (QED) is 0.218. The molecule has 1 aromatic carbocycles. The zero-order valence-corrected chi connectivity index (χ0v) is 18.2. The summed E-state index contributed by atoms with van der Waals surface area (Å²) in [4.78, 5) is 11.8. The lowest BCUT2D eigenvalue weighted by molar-refractivity contribution is -0.145. The molecule has 2 nitrogen and oxygen atoms in total. The van der Waals surface area contributed by atoms with Crippen molar-refractivity contribution in [3.63, 3.8) is 0 Å². The highest BCUT2D eigenvalue weighted by atomic mass is 16.5. The van der Waals surface area contributed by atoms with Crippen LogP contribution in [0.25, 0.3) is 0 Å². The first-order valence-corrected chi connectivity index (χ1v) is 11.3. The lowest BCUT2D eigenvalue weighted by Gasteiger charge is -2.07. The summed E-state index contributed by atoms with van der Waals surface area (Å²) in [7, 11) is 0. The van der Waals surface area contributed by atoms with Crippen molar-refractivity contribution in [3.05, 3.63) is 34.9 Å². The van der Waals surface area contributed by atoms with Crippen molar-refractivity contribution in [3.8, 4) is 0 Å². The highest BCUT2D eigenvalue weighted by Gasteiger charge is 2.04. The zero-order valence-electron chi connectivity index (χ0n) is 18.2. The summed E-state index contributed by atoms with van der Waals surface area (Å²) in [6.07, 6.45) is 17.8. The lowest BCUT2D eigenvalue weighted by Crippen LogP contribution is -2.04. The second-order valence-corrected chi connectivity index (χ2v) is 8.07. The minimum absolute atomic E-state index is 0.0590. The fourth-order valence-corrected chi connectivity index (χ4v) is 3.42. The van der Waals surface area contributed by atoms with Crippen molar-refractivity contribution in [2.45, 2.75) is 117 Å². The Kier molecular flexibility index (Phi) is 13.8. The molecule has 0 saturated carbocycles. The average molecular weight is 375 g/mol. The van der Waals surface area contributed by atoms with Gasteiger partial charge in [0.25, 0.3) is 0 Å². The molecule has 0 heterocycles. The Morgan fingerprint density at radius 3 is 1.78 bits per heavy atom. The van der Waals surface area contributed by atoms with Crippen molar-refractivity contribution in [1.29, 1.82) is 0 Å². The van der Waals surface area contributed by atoms with Crippen LogP contribution in [0.1, 0.15) is 114 Å². The van der Waals surface area contributed by atoms with Gasteiger partial charge in [-0.25, -0.2) is 0 Å². The van der Waals surface area contributed by atoms with Crippen LogP contribution in [0.4, 0.5) is 0 Å². The van der Waals surface area contributed by atoms with Crippen LogP contribution in [0.3, 0.4) is 0 Å². The van der Waals surface area contributed by atoms with Gasteiger partial charge in [-0.2, -0.15) is 0 Å². The molecule has 1 aromatic rings.